The van der Waals surface area contributed by atoms with Crippen molar-refractivity contribution in [2.24, 2.45) is 0 Å². The number of para-hydroxylation sites is 1. The fraction of sp³-hybridized carbons (Fsp3) is 0.406. The summed E-state index contributed by atoms with van der Waals surface area (Å²) < 4.78 is 45.2. The molecule has 42 heavy (non-hydrogen) atoms. The maximum Gasteiger partial charge on any atom is 0.416 e. The van der Waals surface area contributed by atoms with Crippen LogP contribution in [-0.2, 0) is 12.7 Å². The summed E-state index contributed by atoms with van der Waals surface area (Å²) in [5, 5.41) is 12.9. The zero-order valence-electron chi connectivity index (χ0n) is 24.0. The number of hydrogen-bond donors (Lipinski definition) is 2. The third-order valence-corrected chi connectivity index (χ3v) is 7.72. The van der Waals surface area contributed by atoms with Crippen LogP contribution < -0.4 is 15.0 Å². The van der Waals surface area contributed by atoms with E-state index in [0.29, 0.717) is 39.3 Å². The van der Waals surface area contributed by atoms with E-state index < -0.39 is 17.8 Å². The molecule has 0 saturated carbocycles. The largest absolute Gasteiger partial charge is 0.493 e. The number of amides is 1. The Bertz CT molecular complexity index is 1380. The molecule has 1 aliphatic heterocycles. The highest BCUT2D eigenvalue weighted by Crippen LogP contribution is 2.36. The van der Waals surface area contributed by atoms with Gasteiger partial charge < -0.3 is 25.0 Å². The van der Waals surface area contributed by atoms with E-state index in [0.717, 1.165) is 52.7 Å². The molecule has 1 fully saturated rings. The molecule has 0 spiro atoms. The topological polar surface area (TPSA) is 65.0 Å². The minimum Gasteiger partial charge on any atom is -0.493 e. The molecule has 2 atom stereocenters. The number of rotatable bonds is 10. The number of benzene rings is 3. The zero-order chi connectivity index (χ0) is 30.4. The maximum atomic E-state index is 13.3. The summed E-state index contributed by atoms with van der Waals surface area (Å²) >= 11 is 6.14. The van der Waals surface area contributed by atoms with Gasteiger partial charge in [-0.3, -0.25) is 4.79 Å². The Kier molecular flexibility index (Phi) is 10.4. The third-order valence-electron chi connectivity index (χ3n) is 7.41. The molecule has 1 heterocycles. The lowest BCUT2D eigenvalue weighted by Crippen LogP contribution is -2.55. The highest BCUT2D eigenvalue weighted by molar-refractivity contribution is 6.33. The molecule has 3 aromatic rings. The Morgan fingerprint density at radius 2 is 1.88 bits per heavy atom. The SMILES string of the molecule is CCOc1ccccc1-c1ccc(N2CCN(C(=O)c3ccc(C(F)(F)F)cc3Cl)C[C@H]2CC)c(CNCC(C)O)c1. The van der Waals surface area contributed by atoms with Gasteiger partial charge in [0.2, 0.25) is 0 Å². The molecular formula is C32H37ClF3N3O3. The van der Waals surface area contributed by atoms with E-state index >= 15 is 0 Å². The second-order valence-electron chi connectivity index (χ2n) is 10.5. The second kappa shape index (κ2) is 13.8. The van der Waals surface area contributed by atoms with Crippen molar-refractivity contribution in [2.75, 3.05) is 37.7 Å². The van der Waals surface area contributed by atoms with E-state index in [9.17, 15) is 23.1 Å². The lowest BCUT2D eigenvalue weighted by Gasteiger charge is -2.43. The van der Waals surface area contributed by atoms with Gasteiger partial charge in [-0.25, -0.2) is 0 Å². The summed E-state index contributed by atoms with van der Waals surface area (Å²) in [5.74, 6) is 0.421. The highest BCUT2D eigenvalue weighted by atomic mass is 35.5. The van der Waals surface area contributed by atoms with Gasteiger partial charge in [0.25, 0.3) is 5.91 Å². The van der Waals surface area contributed by atoms with E-state index in [1.54, 1.807) is 11.8 Å². The number of piperazine rings is 1. The van der Waals surface area contributed by atoms with Crippen LogP contribution in [0.3, 0.4) is 0 Å². The Balaban J connectivity index is 1.60. The van der Waals surface area contributed by atoms with Gasteiger partial charge in [0.05, 0.1) is 28.9 Å². The average Bonchev–Trinajstić information content (AvgIpc) is 2.96. The van der Waals surface area contributed by atoms with E-state index in [-0.39, 0.29) is 22.5 Å². The Labute approximate surface area is 250 Å². The first kappa shape index (κ1) is 31.7. The number of halogens is 4. The first-order valence-electron chi connectivity index (χ1n) is 14.2. The summed E-state index contributed by atoms with van der Waals surface area (Å²) in [4.78, 5) is 17.3. The lowest BCUT2D eigenvalue weighted by molar-refractivity contribution is -0.137. The summed E-state index contributed by atoms with van der Waals surface area (Å²) in [6, 6.07) is 17.0. The number of ether oxygens (including phenoxy) is 1. The predicted octanol–water partition coefficient (Wildman–Crippen LogP) is 6.64. The van der Waals surface area contributed by atoms with Gasteiger partial charge in [-0.15, -0.1) is 0 Å². The molecule has 0 bridgehead atoms. The van der Waals surface area contributed by atoms with Crippen molar-refractivity contribution in [3.05, 3.63) is 82.4 Å². The van der Waals surface area contributed by atoms with Crippen LogP contribution in [0.2, 0.25) is 5.02 Å². The van der Waals surface area contributed by atoms with Crippen molar-refractivity contribution in [1.29, 1.82) is 0 Å². The molecule has 1 saturated heterocycles. The molecule has 3 aromatic carbocycles. The van der Waals surface area contributed by atoms with Crippen molar-refractivity contribution < 1.29 is 27.8 Å². The molecule has 0 aliphatic carbocycles. The second-order valence-corrected chi connectivity index (χ2v) is 10.9. The Morgan fingerprint density at radius 3 is 2.55 bits per heavy atom. The van der Waals surface area contributed by atoms with Gasteiger partial charge >= 0.3 is 6.18 Å². The molecular weight excluding hydrogens is 567 g/mol. The molecule has 1 unspecified atom stereocenters. The van der Waals surface area contributed by atoms with Crippen LogP contribution in [0.4, 0.5) is 18.9 Å². The molecule has 1 amide bonds. The number of nitrogens with zero attached hydrogens (tertiary/aromatic N) is 2. The van der Waals surface area contributed by atoms with Gasteiger partial charge in [0.1, 0.15) is 5.75 Å². The summed E-state index contributed by atoms with van der Waals surface area (Å²) in [6.45, 7) is 8.59. The van der Waals surface area contributed by atoms with Crippen molar-refractivity contribution in [2.45, 2.75) is 52.1 Å². The molecule has 4 rings (SSSR count). The molecule has 2 N–H and O–H groups in total. The molecule has 1 aliphatic rings. The number of carbonyl (C=O) groups excluding carboxylic acids is 1. The van der Waals surface area contributed by atoms with E-state index in [1.165, 1.54) is 0 Å². The van der Waals surface area contributed by atoms with Crippen LogP contribution in [0.1, 0.15) is 48.7 Å². The minimum absolute atomic E-state index is 0.0204. The van der Waals surface area contributed by atoms with Gasteiger partial charge in [0.15, 0.2) is 0 Å². The first-order chi connectivity index (χ1) is 20.0. The standard InChI is InChI=1S/C32H37ClF3N3O3/c1-4-25-20-38(31(41)27-12-11-24(17-28(27)33)32(34,35)36)14-15-39(25)29-13-10-22(16-23(29)19-37-18-21(3)40)26-8-6-7-9-30(26)42-5-2/h6-13,16-17,21,25,37,40H,4-5,14-15,18-20H2,1-3H3/t21?,25-/m1/s1. The van der Waals surface area contributed by atoms with Gasteiger partial charge in [-0.1, -0.05) is 42.8 Å². The van der Waals surface area contributed by atoms with Crippen molar-refractivity contribution in [1.82, 2.24) is 10.2 Å². The van der Waals surface area contributed by atoms with Crippen molar-refractivity contribution in [3.63, 3.8) is 0 Å². The fourth-order valence-corrected chi connectivity index (χ4v) is 5.58. The van der Waals surface area contributed by atoms with Gasteiger partial charge in [-0.2, -0.15) is 13.2 Å². The molecule has 10 heteroatoms. The monoisotopic (exact) mass is 603 g/mol. The summed E-state index contributed by atoms with van der Waals surface area (Å²) in [6.07, 6.45) is -4.28. The number of hydrogen-bond acceptors (Lipinski definition) is 5. The van der Waals surface area contributed by atoms with E-state index in [1.807, 2.05) is 31.2 Å². The normalized spacial score (nSPS) is 16.4. The van der Waals surface area contributed by atoms with Crippen molar-refractivity contribution in [3.8, 4) is 16.9 Å². The van der Waals surface area contributed by atoms with Crippen LogP contribution >= 0.6 is 11.6 Å². The van der Waals surface area contributed by atoms with Crippen LogP contribution in [0.5, 0.6) is 5.75 Å². The van der Waals surface area contributed by atoms with E-state index in [2.05, 4.69) is 35.3 Å². The van der Waals surface area contributed by atoms with Crippen LogP contribution in [0.15, 0.2) is 60.7 Å². The fourth-order valence-electron chi connectivity index (χ4n) is 5.32. The number of carbonyl (C=O) groups is 1. The maximum absolute atomic E-state index is 13.3. The average molecular weight is 604 g/mol. The number of anilines is 1. The zero-order valence-corrected chi connectivity index (χ0v) is 24.8. The highest BCUT2D eigenvalue weighted by Gasteiger charge is 2.34. The molecule has 0 radical (unpaired) electrons. The van der Waals surface area contributed by atoms with Gasteiger partial charge in [-0.05, 0) is 67.8 Å². The number of nitrogens with one attached hydrogen (secondary N) is 1. The number of aliphatic hydroxyl groups is 1. The van der Waals surface area contributed by atoms with E-state index in [4.69, 9.17) is 16.3 Å². The van der Waals surface area contributed by atoms with Crippen molar-refractivity contribution >= 4 is 23.2 Å². The third kappa shape index (κ3) is 7.38. The number of aliphatic hydroxyl groups excluding tert-OH is 1. The predicted molar refractivity (Wildman–Crippen MR) is 160 cm³/mol. The Hall–Kier alpha value is -3.27. The molecule has 0 aromatic heterocycles. The quantitative estimate of drug-likeness (QED) is 0.272. The van der Waals surface area contributed by atoms with Crippen LogP contribution in [0.25, 0.3) is 11.1 Å². The smallest absolute Gasteiger partial charge is 0.416 e. The molecule has 226 valence electrons. The Morgan fingerprint density at radius 1 is 1.12 bits per heavy atom. The number of alkyl halides is 3. The van der Waals surface area contributed by atoms with Crippen LogP contribution in [-0.4, -0.2) is 60.8 Å². The first-order valence-corrected chi connectivity index (χ1v) is 14.6. The van der Waals surface area contributed by atoms with Crippen LogP contribution in [0, 0.1) is 0 Å². The molecule has 6 nitrogen and oxygen atoms in total. The lowest BCUT2D eigenvalue weighted by atomic mass is 9.98. The van der Waals surface area contributed by atoms with Gasteiger partial charge in [0, 0.05) is 50.0 Å². The summed E-state index contributed by atoms with van der Waals surface area (Å²) in [7, 11) is 0. The summed E-state index contributed by atoms with van der Waals surface area (Å²) in [5.41, 5.74) is 3.24. The minimum atomic E-state index is -4.54.